The summed E-state index contributed by atoms with van der Waals surface area (Å²) in [6, 6.07) is 3.48. The first kappa shape index (κ1) is 16.4. The molecule has 1 aromatic carbocycles. The molecule has 0 spiro atoms. The van der Waals surface area contributed by atoms with Crippen LogP contribution in [0.15, 0.2) is 12.1 Å². The first-order chi connectivity index (χ1) is 9.30. The third kappa shape index (κ3) is 4.49. The van der Waals surface area contributed by atoms with Gasteiger partial charge >= 0.3 is 6.09 Å². The number of methoxy groups -OCH3 is 2. The highest BCUT2D eigenvalue weighted by atomic mass is 35.5. The quantitative estimate of drug-likeness (QED) is 0.860. The zero-order chi connectivity index (χ0) is 15.3. The minimum absolute atomic E-state index is 0.295. The topological polar surface area (TPSA) is 56.8 Å². The van der Waals surface area contributed by atoms with Crippen molar-refractivity contribution < 1.29 is 19.0 Å². The van der Waals surface area contributed by atoms with Gasteiger partial charge in [-0.15, -0.1) is 11.6 Å². The SMILES string of the molecule is COc1cc(CCl)cc(NC(=O)OC(C)(C)C)c1OC. The average Bonchev–Trinajstić information content (AvgIpc) is 2.35. The highest BCUT2D eigenvalue weighted by Crippen LogP contribution is 2.37. The number of carbonyl (C=O) groups is 1. The van der Waals surface area contributed by atoms with Crippen LogP contribution in [0.2, 0.25) is 0 Å². The van der Waals surface area contributed by atoms with Gasteiger partial charge in [0.2, 0.25) is 0 Å². The molecule has 1 aromatic rings. The number of alkyl halides is 1. The van der Waals surface area contributed by atoms with Crippen LogP contribution in [0.5, 0.6) is 11.5 Å². The first-order valence-corrected chi connectivity index (χ1v) is 6.65. The van der Waals surface area contributed by atoms with Crippen molar-refractivity contribution >= 4 is 23.4 Å². The van der Waals surface area contributed by atoms with Gasteiger partial charge in [0, 0.05) is 5.88 Å². The molecule has 0 saturated heterocycles. The largest absolute Gasteiger partial charge is 0.493 e. The summed E-state index contributed by atoms with van der Waals surface area (Å²) in [5.74, 6) is 1.22. The Morgan fingerprint density at radius 3 is 2.35 bits per heavy atom. The smallest absolute Gasteiger partial charge is 0.412 e. The zero-order valence-corrected chi connectivity index (χ0v) is 13.1. The minimum atomic E-state index is -0.578. The molecule has 1 rings (SSSR count). The summed E-state index contributed by atoms with van der Waals surface area (Å²) in [7, 11) is 3.02. The van der Waals surface area contributed by atoms with Crippen LogP contribution in [0.3, 0.4) is 0 Å². The molecular formula is C14H20ClNO4. The van der Waals surface area contributed by atoms with Crippen LogP contribution in [0.4, 0.5) is 10.5 Å². The van der Waals surface area contributed by atoms with Crippen molar-refractivity contribution in [2.75, 3.05) is 19.5 Å². The van der Waals surface area contributed by atoms with E-state index < -0.39 is 11.7 Å². The Balaban J connectivity index is 3.06. The summed E-state index contributed by atoms with van der Waals surface area (Å²) in [5.41, 5.74) is 0.679. The molecule has 0 aliphatic carbocycles. The van der Waals surface area contributed by atoms with Gasteiger partial charge in [-0.3, -0.25) is 5.32 Å². The van der Waals surface area contributed by atoms with Crippen LogP contribution in [-0.2, 0) is 10.6 Å². The van der Waals surface area contributed by atoms with Crippen LogP contribution >= 0.6 is 11.6 Å². The number of hydrogen-bond acceptors (Lipinski definition) is 4. The molecule has 0 atom stereocenters. The van der Waals surface area contributed by atoms with Crippen molar-refractivity contribution in [3.8, 4) is 11.5 Å². The molecule has 0 aliphatic heterocycles. The lowest BCUT2D eigenvalue weighted by atomic mass is 10.2. The van der Waals surface area contributed by atoms with Gasteiger partial charge in [-0.1, -0.05) is 0 Å². The molecule has 0 aromatic heterocycles. The number of amides is 1. The van der Waals surface area contributed by atoms with Crippen molar-refractivity contribution in [2.24, 2.45) is 0 Å². The van der Waals surface area contributed by atoms with E-state index >= 15 is 0 Å². The second-order valence-corrected chi connectivity index (χ2v) is 5.41. The maximum Gasteiger partial charge on any atom is 0.412 e. The van der Waals surface area contributed by atoms with E-state index in [0.29, 0.717) is 23.1 Å². The van der Waals surface area contributed by atoms with Gasteiger partial charge in [0.25, 0.3) is 0 Å². The van der Waals surface area contributed by atoms with Gasteiger partial charge in [-0.2, -0.15) is 0 Å². The predicted molar refractivity (Wildman–Crippen MR) is 79.0 cm³/mol. The third-order valence-electron chi connectivity index (χ3n) is 2.33. The van der Waals surface area contributed by atoms with Crippen LogP contribution in [0.1, 0.15) is 26.3 Å². The molecular weight excluding hydrogens is 282 g/mol. The fourth-order valence-corrected chi connectivity index (χ4v) is 1.76. The molecule has 0 aliphatic rings. The van der Waals surface area contributed by atoms with Gasteiger partial charge in [0.15, 0.2) is 11.5 Å². The van der Waals surface area contributed by atoms with E-state index in [0.717, 1.165) is 5.56 Å². The summed E-state index contributed by atoms with van der Waals surface area (Å²) in [6.45, 7) is 5.37. The molecule has 0 fully saturated rings. The van der Waals surface area contributed by atoms with Gasteiger partial charge < -0.3 is 14.2 Å². The van der Waals surface area contributed by atoms with E-state index in [2.05, 4.69) is 5.32 Å². The highest BCUT2D eigenvalue weighted by molar-refractivity contribution is 6.17. The summed E-state index contributed by atoms with van der Waals surface area (Å²) in [4.78, 5) is 11.8. The lowest BCUT2D eigenvalue weighted by Gasteiger charge is -2.21. The Kier molecular flexibility index (Phi) is 5.51. The predicted octanol–water partition coefficient (Wildman–Crippen LogP) is 3.79. The van der Waals surface area contributed by atoms with E-state index in [1.54, 1.807) is 32.9 Å². The van der Waals surface area contributed by atoms with Gasteiger partial charge in [0.1, 0.15) is 5.60 Å². The van der Waals surface area contributed by atoms with E-state index in [-0.39, 0.29) is 0 Å². The van der Waals surface area contributed by atoms with Gasteiger partial charge in [-0.25, -0.2) is 4.79 Å². The molecule has 0 heterocycles. The fraction of sp³-hybridized carbons (Fsp3) is 0.500. The molecule has 0 radical (unpaired) electrons. The maximum atomic E-state index is 11.8. The molecule has 0 saturated carbocycles. The van der Waals surface area contributed by atoms with Crippen molar-refractivity contribution in [3.63, 3.8) is 0 Å². The Hall–Kier alpha value is -1.62. The van der Waals surface area contributed by atoms with E-state index in [4.69, 9.17) is 25.8 Å². The average molecular weight is 302 g/mol. The molecule has 6 heteroatoms. The highest BCUT2D eigenvalue weighted by Gasteiger charge is 2.19. The second-order valence-electron chi connectivity index (χ2n) is 5.14. The lowest BCUT2D eigenvalue weighted by Crippen LogP contribution is -2.27. The minimum Gasteiger partial charge on any atom is -0.493 e. The Morgan fingerprint density at radius 1 is 1.25 bits per heavy atom. The Bertz CT molecular complexity index is 483. The van der Waals surface area contributed by atoms with Crippen LogP contribution in [-0.4, -0.2) is 25.9 Å². The molecule has 1 amide bonds. The summed E-state index contributed by atoms with van der Waals surface area (Å²) in [6.07, 6.45) is -0.565. The van der Waals surface area contributed by atoms with Crippen molar-refractivity contribution in [1.82, 2.24) is 0 Å². The lowest BCUT2D eigenvalue weighted by molar-refractivity contribution is 0.0635. The van der Waals surface area contributed by atoms with Crippen LogP contribution < -0.4 is 14.8 Å². The van der Waals surface area contributed by atoms with Crippen molar-refractivity contribution in [1.29, 1.82) is 0 Å². The van der Waals surface area contributed by atoms with Gasteiger partial charge in [-0.05, 0) is 38.5 Å². The number of benzene rings is 1. The van der Waals surface area contributed by atoms with Gasteiger partial charge in [0.05, 0.1) is 19.9 Å². The monoisotopic (exact) mass is 301 g/mol. The second kappa shape index (κ2) is 6.70. The summed E-state index contributed by atoms with van der Waals surface area (Å²) >= 11 is 5.83. The molecule has 0 bridgehead atoms. The number of rotatable bonds is 4. The molecule has 5 nitrogen and oxygen atoms in total. The van der Waals surface area contributed by atoms with E-state index in [1.807, 2.05) is 0 Å². The van der Waals surface area contributed by atoms with Crippen LogP contribution in [0.25, 0.3) is 0 Å². The number of halogens is 1. The number of hydrogen-bond donors (Lipinski definition) is 1. The standard InChI is InChI=1S/C14H20ClNO4/c1-14(2,3)20-13(17)16-10-6-9(8-15)7-11(18-4)12(10)19-5/h6-7H,8H2,1-5H3,(H,16,17). The Morgan fingerprint density at radius 2 is 1.90 bits per heavy atom. The first-order valence-electron chi connectivity index (χ1n) is 6.11. The number of carbonyl (C=O) groups excluding carboxylic acids is 1. The zero-order valence-electron chi connectivity index (χ0n) is 12.4. The van der Waals surface area contributed by atoms with Crippen molar-refractivity contribution in [2.45, 2.75) is 32.3 Å². The molecule has 0 unspecified atom stereocenters. The maximum absolute atomic E-state index is 11.8. The van der Waals surface area contributed by atoms with Crippen molar-refractivity contribution in [3.05, 3.63) is 17.7 Å². The summed E-state index contributed by atoms with van der Waals surface area (Å²) < 4.78 is 15.7. The summed E-state index contributed by atoms with van der Waals surface area (Å²) in [5, 5.41) is 2.64. The molecule has 1 N–H and O–H groups in total. The van der Waals surface area contributed by atoms with E-state index in [9.17, 15) is 4.79 Å². The molecule has 112 valence electrons. The molecule has 20 heavy (non-hydrogen) atoms. The number of anilines is 1. The number of nitrogens with one attached hydrogen (secondary N) is 1. The fourth-order valence-electron chi connectivity index (χ4n) is 1.61. The van der Waals surface area contributed by atoms with Crippen LogP contribution in [0, 0.1) is 0 Å². The third-order valence-corrected chi connectivity index (χ3v) is 2.64. The number of ether oxygens (including phenoxy) is 3. The van der Waals surface area contributed by atoms with E-state index in [1.165, 1.54) is 14.2 Å². The normalized spacial score (nSPS) is 10.9. The Labute approximate surface area is 124 Å².